The number of ether oxygens (including phenoxy) is 1. The molecule has 0 heterocycles. The van der Waals surface area contributed by atoms with Gasteiger partial charge in [-0.05, 0) is 27.2 Å². The van der Waals surface area contributed by atoms with Gasteiger partial charge in [-0.2, -0.15) is 0 Å². The molecule has 0 saturated carbocycles. The van der Waals surface area contributed by atoms with Crippen molar-refractivity contribution in [2.75, 3.05) is 6.54 Å². The molecule has 0 saturated heterocycles. The average molecular weight is 232 g/mol. The summed E-state index contributed by atoms with van der Waals surface area (Å²) in [6.07, 6.45) is 0.738. The van der Waals surface area contributed by atoms with Crippen LogP contribution in [0.4, 0.5) is 4.79 Å². The summed E-state index contributed by atoms with van der Waals surface area (Å²) in [5, 5.41) is 12.9. The smallest absolute Gasteiger partial charge is 0.408 e. The van der Waals surface area contributed by atoms with E-state index in [1.807, 2.05) is 6.92 Å². The number of nitro groups is 1. The van der Waals surface area contributed by atoms with Crippen molar-refractivity contribution in [3.63, 3.8) is 0 Å². The molecule has 0 radical (unpaired) electrons. The van der Waals surface area contributed by atoms with Gasteiger partial charge in [0.1, 0.15) is 5.60 Å². The van der Waals surface area contributed by atoms with E-state index in [1.165, 1.54) is 0 Å². The Hall–Kier alpha value is -1.33. The normalized spacial score (nSPS) is 13.0. The van der Waals surface area contributed by atoms with Crippen LogP contribution in [0.1, 0.15) is 40.5 Å². The van der Waals surface area contributed by atoms with Crippen LogP contribution in [0.25, 0.3) is 0 Å². The molecule has 0 rings (SSSR count). The van der Waals surface area contributed by atoms with Gasteiger partial charge in [-0.25, -0.2) is 4.79 Å². The summed E-state index contributed by atoms with van der Waals surface area (Å²) in [7, 11) is 0. The molecule has 0 fully saturated rings. The van der Waals surface area contributed by atoms with Gasteiger partial charge in [-0.3, -0.25) is 10.1 Å². The van der Waals surface area contributed by atoms with E-state index in [1.54, 1.807) is 20.8 Å². The fourth-order valence-corrected chi connectivity index (χ4v) is 1.21. The molecule has 0 aromatic rings. The van der Waals surface area contributed by atoms with E-state index in [2.05, 4.69) is 5.32 Å². The summed E-state index contributed by atoms with van der Waals surface area (Å²) in [6.45, 7) is 6.87. The van der Waals surface area contributed by atoms with E-state index in [0.29, 0.717) is 6.42 Å². The molecule has 0 aromatic heterocycles. The van der Waals surface area contributed by atoms with Crippen molar-refractivity contribution in [2.45, 2.75) is 52.2 Å². The molecule has 0 aliphatic rings. The molecular weight excluding hydrogens is 212 g/mol. The zero-order chi connectivity index (χ0) is 12.8. The maximum Gasteiger partial charge on any atom is 0.408 e. The van der Waals surface area contributed by atoms with E-state index in [-0.39, 0.29) is 6.54 Å². The quantitative estimate of drug-likeness (QED) is 0.580. The van der Waals surface area contributed by atoms with Crippen LogP contribution in [-0.4, -0.2) is 29.2 Å². The van der Waals surface area contributed by atoms with Gasteiger partial charge in [0.05, 0.1) is 6.04 Å². The van der Waals surface area contributed by atoms with E-state index in [0.717, 1.165) is 6.42 Å². The molecule has 1 atom stereocenters. The van der Waals surface area contributed by atoms with Crippen LogP contribution in [-0.2, 0) is 4.74 Å². The van der Waals surface area contributed by atoms with E-state index in [4.69, 9.17) is 4.74 Å². The Balaban J connectivity index is 4.17. The van der Waals surface area contributed by atoms with Crippen LogP contribution < -0.4 is 5.32 Å². The Morgan fingerprint density at radius 1 is 1.50 bits per heavy atom. The summed E-state index contributed by atoms with van der Waals surface area (Å²) in [4.78, 5) is 21.3. The molecular formula is C10H20N2O4. The monoisotopic (exact) mass is 232 g/mol. The molecule has 1 N–H and O–H groups in total. The average Bonchev–Trinajstić information content (AvgIpc) is 1.98. The molecule has 0 spiro atoms. The topological polar surface area (TPSA) is 81.5 Å². The van der Waals surface area contributed by atoms with Crippen LogP contribution in [0, 0.1) is 10.1 Å². The Bertz CT molecular complexity index is 248. The number of amides is 1. The van der Waals surface area contributed by atoms with Gasteiger partial charge in [0.2, 0.25) is 6.54 Å². The lowest BCUT2D eigenvalue weighted by Gasteiger charge is -2.21. The highest BCUT2D eigenvalue weighted by Gasteiger charge is 2.21. The van der Waals surface area contributed by atoms with Crippen molar-refractivity contribution >= 4 is 6.09 Å². The largest absolute Gasteiger partial charge is 0.444 e. The van der Waals surface area contributed by atoms with Crippen molar-refractivity contribution in [2.24, 2.45) is 0 Å². The SMILES string of the molecule is CCC[C@H](C[N+](=O)[O-])NC(=O)OC(C)(C)C. The summed E-state index contributed by atoms with van der Waals surface area (Å²) in [6, 6.07) is -0.463. The Kier molecular flexibility index (Phi) is 5.77. The second-order valence-electron chi connectivity index (χ2n) is 4.65. The number of carbonyl (C=O) groups is 1. The van der Waals surface area contributed by atoms with E-state index < -0.39 is 22.7 Å². The first kappa shape index (κ1) is 14.7. The van der Waals surface area contributed by atoms with E-state index in [9.17, 15) is 14.9 Å². The molecule has 16 heavy (non-hydrogen) atoms. The fraction of sp³-hybridized carbons (Fsp3) is 0.900. The van der Waals surface area contributed by atoms with E-state index >= 15 is 0 Å². The first-order chi connectivity index (χ1) is 7.24. The molecule has 0 aliphatic carbocycles. The lowest BCUT2D eigenvalue weighted by molar-refractivity contribution is -0.483. The number of hydrogen-bond donors (Lipinski definition) is 1. The van der Waals surface area contributed by atoms with Crippen LogP contribution in [0.2, 0.25) is 0 Å². The molecule has 0 bridgehead atoms. The molecule has 0 aliphatic heterocycles. The highest BCUT2D eigenvalue weighted by Crippen LogP contribution is 2.07. The van der Waals surface area contributed by atoms with Gasteiger partial charge in [-0.15, -0.1) is 0 Å². The highest BCUT2D eigenvalue weighted by molar-refractivity contribution is 5.68. The summed E-state index contributed by atoms with van der Waals surface area (Å²) in [5.41, 5.74) is -0.588. The third kappa shape index (κ3) is 8.02. The predicted octanol–water partition coefficient (Wildman–Crippen LogP) is 1.96. The lowest BCUT2D eigenvalue weighted by atomic mass is 10.2. The minimum absolute atomic E-state index is 0.271. The first-order valence-electron chi connectivity index (χ1n) is 5.36. The van der Waals surface area contributed by atoms with Crippen LogP contribution in [0.3, 0.4) is 0 Å². The van der Waals surface area contributed by atoms with Crippen molar-refractivity contribution < 1.29 is 14.5 Å². The molecule has 6 heteroatoms. The number of rotatable bonds is 5. The second-order valence-corrected chi connectivity index (χ2v) is 4.65. The molecule has 1 amide bonds. The predicted molar refractivity (Wildman–Crippen MR) is 59.9 cm³/mol. The maximum absolute atomic E-state index is 11.4. The van der Waals surface area contributed by atoms with Crippen LogP contribution in [0.5, 0.6) is 0 Å². The van der Waals surface area contributed by atoms with Crippen molar-refractivity contribution in [1.29, 1.82) is 0 Å². The van der Waals surface area contributed by atoms with Gasteiger partial charge in [0.25, 0.3) is 0 Å². The Morgan fingerprint density at radius 3 is 2.44 bits per heavy atom. The van der Waals surface area contributed by atoms with Crippen molar-refractivity contribution in [3.05, 3.63) is 10.1 Å². The lowest BCUT2D eigenvalue weighted by Crippen LogP contribution is -2.42. The number of hydrogen-bond acceptors (Lipinski definition) is 4. The third-order valence-electron chi connectivity index (χ3n) is 1.73. The molecule has 6 nitrogen and oxygen atoms in total. The zero-order valence-corrected chi connectivity index (χ0v) is 10.3. The van der Waals surface area contributed by atoms with Crippen LogP contribution in [0.15, 0.2) is 0 Å². The van der Waals surface area contributed by atoms with Crippen molar-refractivity contribution in [1.82, 2.24) is 5.32 Å². The third-order valence-corrected chi connectivity index (χ3v) is 1.73. The molecule has 94 valence electrons. The van der Waals surface area contributed by atoms with Gasteiger partial charge in [0, 0.05) is 4.92 Å². The molecule has 0 unspecified atom stereocenters. The Labute approximate surface area is 95.5 Å². The van der Waals surface area contributed by atoms with Crippen LogP contribution >= 0.6 is 0 Å². The number of carbonyl (C=O) groups excluding carboxylic acids is 1. The number of alkyl carbamates (subject to hydrolysis) is 1. The summed E-state index contributed by atoms with van der Waals surface area (Å²) >= 11 is 0. The standard InChI is InChI=1S/C10H20N2O4/c1-5-6-8(7-12(14)15)11-9(13)16-10(2,3)4/h8H,5-7H2,1-4H3,(H,11,13)/t8-/m1/s1. The van der Waals surface area contributed by atoms with Crippen molar-refractivity contribution in [3.8, 4) is 0 Å². The Morgan fingerprint density at radius 2 is 2.06 bits per heavy atom. The molecule has 0 aromatic carbocycles. The fourth-order valence-electron chi connectivity index (χ4n) is 1.21. The number of nitrogens with one attached hydrogen (secondary N) is 1. The summed E-state index contributed by atoms with van der Waals surface area (Å²) in [5.74, 6) is 0. The second kappa shape index (κ2) is 6.30. The highest BCUT2D eigenvalue weighted by atomic mass is 16.6. The zero-order valence-electron chi connectivity index (χ0n) is 10.3. The van der Waals surface area contributed by atoms with Gasteiger partial charge in [0.15, 0.2) is 0 Å². The summed E-state index contributed by atoms with van der Waals surface area (Å²) < 4.78 is 5.02. The minimum Gasteiger partial charge on any atom is -0.444 e. The first-order valence-corrected chi connectivity index (χ1v) is 5.36. The maximum atomic E-state index is 11.4. The number of nitrogens with zero attached hydrogens (tertiary/aromatic N) is 1. The van der Waals surface area contributed by atoms with Gasteiger partial charge < -0.3 is 10.1 Å². The van der Waals surface area contributed by atoms with Gasteiger partial charge in [-0.1, -0.05) is 13.3 Å². The van der Waals surface area contributed by atoms with Gasteiger partial charge >= 0.3 is 6.09 Å². The minimum atomic E-state index is -0.604.